The van der Waals surface area contributed by atoms with E-state index in [-0.39, 0.29) is 5.92 Å². The molecule has 110 valence electrons. The van der Waals surface area contributed by atoms with Crippen LogP contribution in [-0.2, 0) is 4.79 Å². The molecule has 0 aromatic rings. The van der Waals surface area contributed by atoms with Crippen LogP contribution in [0.15, 0.2) is 0 Å². The molecule has 0 atom stereocenters. The third-order valence-electron chi connectivity index (χ3n) is 4.61. The first kappa shape index (κ1) is 14.8. The summed E-state index contributed by atoms with van der Waals surface area (Å²) in [5, 5.41) is 3.16. The van der Waals surface area contributed by atoms with Gasteiger partial charge in [0, 0.05) is 39.3 Å². The maximum atomic E-state index is 12.0. The second-order valence-corrected chi connectivity index (χ2v) is 6.13. The minimum absolute atomic E-state index is 0.221. The molecule has 0 aromatic heterocycles. The highest BCUT2D eigenvalue weighted by Gasteiger charge is 2.28. The van der Waals surface area contributed by atoms with Crippen molar-refractivity contribution in [2.45, 2.75) is 18.9 Å². The second kappa shape index (κ2) is 6.68. The molecule has 0 spiro atoms. The normalized spacial score (nSPS) is 22.5. The Bertz CT molecular complexity index is 298. The molecule has 2 aliphatic rings. The Kier molecular flexibility index (Phi) is 5.19. The summed E-state index contributed by atoms with van der Waals surface area (Å²) in [5.41, 5.74) is 0. The average molecular weight is 268 g/mol. The number of carbonyl (C=O) groups excluding carboxylic acids is 1. The number of piperidine rings is 1. The number of hydrogen-bond donors (Lipinski definition) is 1. The lowest BCUT2D eigenvalue weighted by Crippen LogP contribution is -2.52. The molecule has 5 nitrogen and oxygen atoms in total. The van der Waals surface area contributed by atoms with Crippen LogP contribution in [0.5, 0.6) is 0 Å². The van der Waals surface area contributed by atoms with E-state index in [1.165, 1.54) is 25.9 Å². The molecule has 0 saturated carbocycles. The van der Waals surface area contributed by atoms with Gasteiger partial charge in [0.1, 0.15) is 0 Å². The Morgan fingerprint density at radius 3 is 2.37 bits per heavy atom. The fourth-order valence-electron chi connectivity index (χ4n) is 2.81. The van der Waals surface area contributed by atoms with Crippen molar-refractivity contribution in [3.8, 4) is 0 Å². The molecular weight excluding hydrogens is 240 g/mol. The first-order chi connectivity index (χ1) is 9.08. The first-order valence-corrected chi connectivity index (χ1v) is 7.42. The fourth-order valence-corrected chi connectivity index (χ4v) is 2.81. The van der Waals surface area contributed by atoms with Gasteiger partial charge in [0.2, 0.25) is 5.91 Å². The van der Waals surface area contributed by atoms with E-state index < -0.39 is 0 Å². The fraction of sp³-hybridized carbons (Fsp3) is 0.929. The summed E-state index contributed by atoms with van der Waals surface area (Å²) in [6.45, 7) is 5.92. The van der Waals surface area contributed by atoms with Gasteiger partial charge in [-0.15, -0.1) is 0 Å². The number of likely N-dealkylation sites (N-methyl/N-ethyl adjacent to an activating group) is 2. The van der Waals surface area contributed by atoms with Gasteiger partial charge in [0.25, 0.3) is 0 Å². The van der Waals surface area contributed by atoms with E-state index in [1.54, 1.807) is 0 Å². The first-order valence-electron chi connectivity index (χ1n) is 7.42. The molecule has 0 radical (unpaired) electrons. The molecule has 2 saturated heterocycles. The minimum atomic E-state index is 0.221. The molecule has 2 aliphatic heterocycles. The summed E-state index contributed by atoms with van der Waals surface area (Å²) in [6.07, 6.45) is 2.49. The van der Waals surface area contributed by atoms with Crippen molar-refractivity contribution in [3.05, 3.63) is 0 Å². The molecule has 19 heavy (non-hydrogen) atoms. The summed E-state index contributed by atoms with van der Waals surface area (Å²) in [7, 11) is 6.32. The van der Waals surface area contributed by atoms with Crippen molar-refractivity contribution in [1.82, 2.24) is 20.0 Å². The standard InChI is InChI=1S/C14H28N4O/c1-16-6-4-13(5-7-16)17(2)8-9-18(3)14(19)12-10-15-11-12/h12-13,15H,4-11H2,1-3H3. The lowest BCUT2D eigenvalue weighted by molar-refractivity contribution is -0.135. The smallest absolute Gasteiger partial charge is 0.228 e. The highest BCUT2D eigenvalue weighted by Crippen LogP contribution is 2.14. The molecule has 1 N–H and O–H groups in total. The number of amides is 1. The van der Waals surface area contributed by atoms with Gasteiger partial charge in [0.05, 0.1) is 5.92 Å². The number of hydrogen-bond acceptors (Lipinski definition) is 4. The SMILES string of the molecule is CN1CCC(N(C)CCN(C)C(=O)C2CNC2)CC1. The van der Waals surface area contributed by atoms with Crippen LogP contribution in [0.2, 0.25) is 0 Å². The highest BCUT2D eigenvalue weighted by atomic mass is 16.2. The third kappa shape index (κ3) is 3.91. The largest absolute Gasteiger partial charge is 0.344 e. The molecule has 0 unspecified atom stereocenters. The molecule has 1 amide bonds. The van der Waals surface area contributed by atoms with Crippen molar-refractivity contribution in [2.75, 3.05) is 60.4 Å². The predicted molar refractivity (Wildman–Crippen MR) is 77.1 cm³/mol. The molecule has 2 rings (SSSR count). The van der Waals surface area contributed by atoms with Crippen LogP contribution in [0.3, 0.4) is 0 Å². The van der Waals surface area contributed by atoms with E-state index in [0.717, 1.165) is 26.2 Å². The van der Waals surface area contributed by atoms with Crippen LogP contribution in [0.4, 0.5) is 0 Å². The Labute approximate surface area is 116 Å². The van der Waals surface area contributed by atoms with Crippen LogP contribution < -0.4 is 5.32 Å². The predicted octanol–water partition coefficient (Wildman–Crippen LogP) is -0.310. The summed E-state index contributed by atoms with van der Waals surface area (Å²) < 4.78 is 0. The zero-order valence-corrected chi connectivity index (χ0v) is 12.6. The van der Waals surface area contributed by atoms with Crippen LogP contribution >= 0.6 is 0 Å². The maximum Gasteiger partial charge on any atom is 0.228 e. The molecule has 0 aliphatic carbocycles. The average Bonchev–Trinajstić information content (AvgIpc) is 2.34. The van der Waals surface area contributed by atoms with E-state index in [9.17, 15) is 4.79 Å². The van der Waals surface area contributed by atoms with E-state index in [4.69, 9.17) is 0 Å². The molecule has 5 heteroatoms. The monoisotopic (exact) mass is 268 g/mol. The summed E-state index contributed by atoms with van der Waals surface area (Å²) in [6, 6.07) is 0.685. The number of likely N-dealkylation sites (tertiary alicyclic amines) is 1. The number of nitrogens with zero attached hydrogens (tertiary/aromatic N) is 3. The molecular formula is C14H28N4O. The number of carbonyl (C=O) groups is 1. The van der Waals surface area contributed by atoms with Gasteiger partial charge < -0.3 is 20.0 Å². The van der Waals surface area contributed by atoms with E-state index in [1.807, 2.05) is 11.9 Å². The molecule has 0 aromatic carbocycles. The second-order valence-electron chi connectivity index (χ2n) is 6.13. The highest BCUT2D eigenvalue weighted by molar-refractivity contribution is 5.79. The van der Waals surface area contributed by atoms with Crippen LogP contribution in [0.25, 0.3) is 0 Å². The summed E-state index contributed by atoms with van der Waals surface area (Å²) in [4.78, 5) is 18.7. The molecule has 0 bridgehead atoms. The summed E-state index contributed by atoms with van der Waals surface area (Å²) >= 11 is 0. The molecule has 2 heterocycles. The van der Waals surface area contributed by atoms with Gasteiger partial charge in [-0.1, -0.05) is 0 Å². The van der Waals surface area contributed by atoms with Gasteiger partial charge in [-0.3, -0.25) is 4.79 Å². The lowest BCUT2D eigenvalue weighted by atomic mass is 10.0. The lowest BCUT2D eigenvalue weighted by Gasteiger charge is -2.36. The number of nitrogens with one attached hydrogen (secondary N) is 1. The van der Waals surface area contributed by atoms with Gasteiger partial charge in [-0.05, 0) is 40.0 Å². The molecule has 2 fully saturated rings. The summed E-state index contributed by atoms with van der Waals surface area (Å²) in [5.74, 6) is 0.522. The third-order valence-corrected chi connectivity index (χ3v) is 4.61. The Balaban J connectivity index is 1.67. The van der Waals surface area contributed by atoms with E-state index in [2.05, 4.69) is 29.2 Å². The van der Waals surface area contributed by atoms with Crippen molar-refractivity contribution in [3.63, 3.8) is 0 Å². The Morgan fingerprint density at radius 1 is 1.21 bits per heavy atom. The maximum absolute atomic E-state index is 12.0. The van der Waals surface area contributed by atoms with Gasteiger partial charge in [0.15, 0.2) is 0 Å². The van der Waals surface area contributed by atoms with Crippen molar-refractivity contribution in [1.29, 1.82) is 0 Å². The van der Waals surface area contributed by atoms with E-state index >= 15 is 0 Å². The van der Waals surface area contributed by atoms with Crippen LogP contribution in [-0.4, -0.2) is 87.1 Å². The quantitative estimate of drug-likeness (QED) is 0.742. The van der Waals surface area contributed by atoms with Gasteiger partial charge in [-0.2, -0.15) is 0 Å². The van der Waals surface area contributed by atoms with Crippen molar-refractivity contribution < 1.29 is 4.79 Å². The van der Waals surface area contributed by atoms with Gasteiger partial charge >= 0.3 is 0 Å². The topological polar surface area (TPSA) is 38.8 Å². The zero-order valence-electron chi connectivity index (χ0n) is 12.6. The van der Waals surface area contributed by atoms with Crippen LogP contribution in [0, 0.1) is 5.92 Å². The van der Waals surface area contributed by atoms with E-state index in [0.29, 0.717) is 11.9 Å². The van der Waals surface area contributed by atoms with Crippen molar-refractivity contribution in [2.24, 2.45) is 5.92 Å². The van der Waals surface area contributed by atoms with Crippen molar-refractivity contribution >= 4 is 5.91 Å². The van der Waals surface area contributed by atoms with Gasteiger partial charge in [-0.25, -0.2) is 0 Å². The Morgan fingerprint density at radius 2 is 1.84 bits per heavy atom. The Hall–Kier alpha value is -0.650. The van der Waals surface area contributed by atoms with Crippen LogP contribution in [0.1, 0.15) is 12.8 Å². The zero-order chi connectivity index (χ0) is 13.8. The number of rotatable bonds is 5. The minimum Gasteiger partial charge on any atom is -0.344 e.